The van der Waals surface area contributed by atoms with E-state index in [2.05, 4.69) is 14.9 Å². The molecular weight excluding hydrogens is 204 g/mol. The average Bonchev–Trinajstić information content (AvgIpc) is 2.30. The first-order valence-electron chi connectivity index (χ1n) is 5.08. The molecule has 0 saturated heterocycles. The minimum absolute atomic E-state index is 0.503. The summed E-state index contributed by atoms with van der Waals surface area (Å²) < 4.78 is 5.08. The van der Waals surface area contributed by atoms with E-state index in [9.17, 15) is 0 Å². The Morgan fingerprint density at radius 1 is 1.38 bits per heavy atom. The first-order valence-corrected chi connectivity index (χ1v) is 5.08. The van der Waals surface area contributed by atoms with Crippen molar-refractivity contribution in [3.63, 3.8) is 0 Å². The van der Waals surface area contributed by atoms with Crippen LogP contribution in [-0.4, -0.2) is 32.1 Å². The molecule has 16 heavy (non-hydrogen) atoms. The zero-order chi connectivity index (χ0) is 11.8. The standard InChI is InChI=1S/C11H16N4O/c1-15(8-7-13-14-12)9-10-3-5-11(16-2)6-4-10/h3-6H,7-9H2,1-2H3. The first-order chi connectivity index (χ1) is 7.76. The molecule has 1 aromatic rings. The van der Waals surface area contributed by atoms with Crippen LogP contribution < -0.4 is 4.74 Å². The van der Waals surface area contributed by atoms with Crippen LogP contribution in [0, 0.1) is 0 Å². The molecule has 0 aliphatic heterocycles. The number of benzene rings is 1. The molecule has 0 saturated carbocycles. The van der Waals surface area contributed by atoms with Gasteiger partial charge in [-0.25, -0.2) is 0 Å². The third kappa shape index (κ3) is 4.21. The number of ether oxygens (including phenoxy) is 1. The smallest absolute Gasteiger partial charge is 0.118 e. The summed E-state index contributed by atoms with van der Waals surface area (Å²) in [5.41, 5.74) is 9.36. The van der Waals surface area contributed by atoms with Gasteiger partial charge in [-0.1, -0.05) is 17.2 Å². The van der Waals surface area contributed by atoms with Crippen LogP contribution in [0.3, 0.4) is 0 Å². The predicted molar refractivity (Wildman–Crippen MR) is 63.3 cm³/mol. The third-order valence-electron chi connectivity index (χ3n) is 2.26. The Hall–Kier alpha value is -1.71. The fourth-order valence-electron chi connectivity index (χ4n) is 1.38. The van der Waals surface area contributed by atoms with Gasteiger partial charge in [0.25, 0.3) is 0 Å². The molecule has 0 aliphatic rings. The lowest BCUT2D eigenvalue weighted by Crippen LogP contribution is -2.20. The Kier molecular flexibility index (Phi) is 5.19. The monoisotopic (exact) mass is 220 g/mol. The largest absolute Gasteiger partial charge is 0.497 e. The van der Waals surface area contributed by atoms with Gasteiger partial charge in [0, 0.05) is 24.5 Å². The molecule has 0 atom stereocenters. The van der Waals surface area contributed by atoms with Crippen molar-refractivity contribution >= 4 is 0 Å². The summed E-state index contributed by atoms with van der Waals surface area (Å²) in [5, 5.41) is 3.50. The number of hydrogen-bond acceptors (Lipinski definition) is 3. The topological polar surface area (TPSA) is 61.2 Å². The van der Waals surface area contributed by atoms with Crippen LogP contribution in [-0.2, 0) is 6.54 Å². The molecule has 1 rings (SSSR count). The summed E-state index contributed by atoms with van der Waals surface area (Å²) in [6.45, 7) is 2.10. The van der Waals surface area contributed by atoms with Crippen LogP contribution >= 0.6 is 0 Å². The summed E-state index contributed by atoms with van der Waals surface area (Å²) in [6.07, 6.45) is 0. The molecule has 5 heteroatoms. The van der Waals surface area contributed by atoms with E-state index < -0.39 is 0 Å². The Morgan fingerprint density at radius 2 is 2.06 bits per heavy atom. The van der Waals surface area contributed by atoms with Crippen molar-refractivity contribution in [1.82, 2.24) is 4.90 Å². The van der Waals surface area contributed by atoms with Gasteiger partial charge in [0.05, 0.1) is 7.11 Å². The van der Waals surface area contributed by atoms with E-state index in [1.807, 2.05) is 31.3 Å². The molecule has 0 N–H and O–H groups in total. The number of likely N-dealkylation sites (N-methyl/N-ethyl adjacent to an activating group) is 1. The Bertz CT molecular complexity index is 357. The molecule has 1 aromatic carbocycles. The highest BCUT2D eigenvalue weighted by molar-refractivity contribution is 5.26. The molecule has 0 unspecified atom stereocenters. The molecule has 0 heterocycles. The van der Waals surface area contributed by atoms with Crippen LogP contribution in [0.4, 0.5) is 0 Å². The van der Waals surface area contributed by atoms with Crippen molar-refractivity contribution in [2.45, 2.75) is 6.54 Å². The number of nitrogens with zero attached hydrogens (tertiary/aromatic N) is 4. The van der Waals surface area contributed by atoms with Gasteiger partial charge in [-0.15, -0.1) is 0 Å². The van der Waals surface area contributed by atoms with Gasteiger partial charge in [-0.05, 0) is 30.3 Å². The van der Waals surface area contributed by atoms with Gasteiger partial charge in [0.2, 0.25) is 0 Å². The summed E-state index contributed by atoms with van der Waals surface area (Å²) in [5.74, 6) is 0.862. The maximum Gasteiger partial charge on any atom is 0.118 e. The lowest BCUT2D eigenvalue weighted by atomic mass is 10.2. The maximum atomic E-state index is 8.15. The molecule has 0 amide bonds. The number of azide groups is 1. The number of hydrogen-bond donors (Lipinski definition) is 0. The minimum Gasteiger partial charge on any atom is -0.497 e. The fraction of sp³-hybridized carbons (Fsp3) is 0.455. The van der Waals surface area contributed by atoms with E-state index in [0.717, 1.165) is 18.8 Å². The van der Waals surface area contributed by atoms with Crippen LogP contribution in [0.2, 0.25) is 0 Å². The minimum atomic E-state index is 0.503. The lowest BCUT2D eigenvalue weighted by molar-refractivity contribution is 0.336. The van der Waals surface area contributed by atoms with E-state index in [1.165, 1.54) is 5.56 Å². The zero-order valence-electron chi connectivity index (χ0n) is 9.63. The van der Waals surface area contributed by atoms with E-state index in [1.54, 1.807) is 7.11 Å². The number of methoxy groups -OCH3 is 1. The maximum absolute atomic E-state index is 8.15. The number of rotatable bonds is 6. The van der Waals surface area contributed by atoms with Crippen molar-refractivity contribution < 1.29 is 4.74 Å². The molecule has 0 spiro atoms. The second-order valence-corrected chi connectivity index (χ2v) is 3.54. The van der Waals surface area contributed by atoms with Gasteiger partial charge in [-0.2, -0.15) is 0 Å². The van der Waals surface area contributed by atoms with E-state index >= 15 is 0 Å². The molecule has 0 fully saturated rings. The van der Waals surface area contributed by atoms with Crippen LogP contribution in [0.25, 0.3) is 10.4 Å². The van der Waals surface area contributed by atoms with Crippen LogP contribution in [0.15, 0.2) is 29.4 Å². The second-order valence-electron chi connectivity index (χ2n) is 3.54. The summed E-state index contributed by atoms with van der Waals surface area (Å²) in [7, 11) is 3.65. The zero-order valence-corrected chi connectivity index (χ0v) is 9.63. The highest BCUT2D eigenvalue weighted by atomic mass is 16.5. The van der Waals surface area contributed by atoms with Crippen LogP contribution in [0.1, 0.15) is 5.56 Å². The Labute approximate surface area is 95.3 Å². The summed E-state index contributed by atoms with van der Waals surface area (Å²) in [4.78, 5) is 4.83. The molecule has 86 valence electrons. The molecule has 5 nitrogen and oxygen atoms in total. The summed E-state index contributed by atoms with van der Waals surface area (Å²) >= 11 is 0. The van der Waals surface area contributed by atoms with Gasteiger partial charge < -0.3 is 9.64 Å². The Morgan fingerprint density at radius 3 is 2.62 bits per heavy atom. The molecular formula is C11H16N4O. The van der Waals surface area contributed by atoms with Gasteiger partial charge >= 0.3 is 0 Å². The first kappa shape index (κ1) is 12.4. The third-order valence-corrected chi connectivity index (χ3v) is 2.26. The SMILES string of the molecule is COc1ccc(CN(C)CCN=[N+]=[N-])cc1. The average molecular weight is 220 g/mol. The van der Waals surface area contributed by atoms with Gasteiger partial charge in [-0.3, -0.25) is 0 Å². The van der Waals surface area contributed by atoms with Gasteiger partial charge in [0.15, 0.2) is 0 Å². The molecule has 0 radical (unpaired) electrons. The highest BCUT2D eigenvalue weighted by Crippen LogP contribution is 2.12. The predicted octanol–water partition coefficient (Wildman–Crippen LogP) is 2.44. The molecule has 0 bridgehead atoms. The van der Waals surface area contributed by atoms with Crippen molar-refractivity contribution in [3.8, 4) is 5.75 Å². The lowest BCUT2D eigenvalue weighted by Gasteiger charge is -2.15. The van der Waals surface area contributed by atoms with E-state index in [4.69, 9.17) is 10.3 Å². The highest BCUT2D eigenvalue weighted by Gasteiger charge is 1.99. The van der Waals surface area contributed by atoms with Crippen LogP contribution in [0.5, 0.6) is 5.75 Å². The Balaban J connectivity index is 2.42. The second kappa shape index (κ2) is 6.71. The van der Waals surface area contributed by atoms with Crippen molar-refractivity contribution in [2.75, 3.05) is 27.2 Å². The molecule has 0 aliphatic carbocycles. The van der Waals surface area contributed by atoms with E-state index in [0.29, 0.717) is 6.54 Å². The van der Waals surface area contributed by atoms with E-state index in [-0.39, 0.29) is 0 Å². The fourth-order valence-corrected chi connectivity index (χ4v) is 1.38. The quantitative estimate of drug-likeness (QED) is 0.420. The van der Waals surface area contributed by atoms with Gasteiger partial charge in [0.1, 0.15) is 5.75 Å². The van der Waals surface area contributed by atoms with Crippen molar-refractivity contribution in [1.29, 1.82) is 0 Å². The summed E-state index contributed by atoms with van der Waals surface area (Å²) in [6, 6.07) is 7.94. The normalized spacial score (nSPS) is 9.94. The molecule has 0 aromatic heterocycles. The van der Waals surface area contributed by atoms with Crippen molar-refractivity contribution in [3.05, 3.63) is 40.3 Å². The van der Waals surface area contributed by atoms with Crippen molar-refractivity contribution in [2.24, 2.45) is 5.11 Å².